The van der Waals surface area contributed by atoms with Gasteiger partial charge in [0.15, 0.2) is 0 Å². The minimum atomic E-state index is -0.628. The van der Waals surface area contributed by atoms with Crippen LogP contribution in [0.15, 0.2) is 6.07 Å². The van der Waals surface area contributed by atoms with E-state index in [9.17, 15) is 5.11 Å². The molecule has 1 aromatic heterocycles. The highest BCUT2D eigenvalue weighted by Gasteiger charge is 2.35. The first-order chi connectivity index (χ1) is 9.10. The monoisotopic (exact) mass is 266 g/mol. The lowest BCUT2D eigenvalue weighted by Crippen LogP contribution is -2.42. The van der Waals surface area contributed by atoms with Crippen LogP contribution < -0.4 is 0 Å². The first-order valence-corrected chi connectivity index (χ1v) is 7.49. The molecule has 1 aliphatic rings. The molecule has 1 aliphatic heterocycles. The second-order valence-corrected chi connectivity index (χ2v) is 5.55. The largest absolute Gasteiger partial charge is 0.389 e. The van der Waals surface area contributed by atoms with E-state index in [1.807, 2.05) is 4.68 Å². The molecule has 0 radical (unpaired) electrons. The van der Waals surface area contributed by atoms with Gasteiger partial charge >= 0.3 is 0 Å². The average molecular weight is 266 g/mol. The zero-order chi connectivity index (χ0) is 13.9. The van der Waals surface area contributed by atoms with E-state index < -0.39 is 5.60 Å². The molecule has 1 saturated heterocycles. The Hall–Kier alpha value is -0.870. The molecule has 1 N–H and O–H groups in total. The Balaban J connectivity index is 2.12. The van der Waals surface area contributed by atoms with Crippen LogP contribution in [0.3, 0.4) is 0 Å². The van der Waals surface area contributed by atoms with Gasteiger partial charge in [-0.15, -0.1) is 0 Å². The van der Waals surface area contributed by atoms with Gasteiger partial charge in [-0.2, -0.15) is 5.10 Å². The van der Waals surface area contributed by atoms with Crippen molar-refractivity contribution in [3.63, 3.8) is 0 Å². The molecule has 0 saturated carbocycles. The second kappa shape index (κ2) is 6.06. The fourth-order valence-corrected chi connectivity index (χ4v) is 2.86. The van der Waals surface area contributed by atoms with Gasteiger partial charge in [0.25, 0.3) is 0 Å². The summed E-state index contributed by atoms with van der Waals surface area (Å²) in [6, 6.07) is 2.14. The third-order valence-electron chi connectivity index (χ3n) is 4.07. The van der Waals surface area contributed by atoms with Crippen LogP contribution in [0.5, 0.6) is 0 Å². The summed E-state index contributed by atoms with van der Waals surface area (Å²) in [7, 11) is 0. The predicted octanol–water partition coefficient (Wildman–Crippen LogP) is 2.33. The molecule has 0 spiro atoms. The highest BCUT2D eigenvalue weighted by molar-refractivity contribution is 5.13. The zero-order valence-corrected chi connectivity index (χ0v) is 12.4. The minimum absolute atomic E-state index is 0.197. The number of hydrogen-bond donors (Lipinski definition) is 1. The SMILES string of the molecule is CCc1cc(CC2(O)CCOC(CC)C2)n(CC)n1. The van der Waals surface area contributed by atoms with Crippen molar-refractivity contribution in [3.05, 3.63) is 17.5 Å². The molecule has 4 nitrogen and oxygen atoms in total. The van der Waals surface area contributed by atoms with Crippen molar-refractivity contribution >= 4 is 0 Å². The first-order valence-electron chi connectivity index (χ1n) is 7.49. The maximum atomic E-state index is 10.8. The number of aromatic nitrogens is 2. The van der Waals surface area contributed by atoms with Crippen LogP contribution in [0.2, 0.25) is 0 Å². The lowest BCUT2D eigenvalue weighted by Gasteiger charge is -2.36. The number of nitrogens with zero attached hydrogens (tertiary/aromatic N) is 2. The van der Waals surface area contributed by atoms with Crippen LogP contribution in [-0.4, -0.2) is 33.2 Å². The Labute approximate surface area is 115 Å². The van der Waals surface area contributed by atoms with Gasteiger partial charge in [0.05, 0.1) is 17.4 Å². The molecule has 19 heavy (non-hydrogen) atoms. The van der Waals surface area contributed by atoms with Gasteiger partial charge in [-0.1, -0.05) is 13.8 Å². The van der Waals surface area contributed by atoms with Crippen molar-refractivity contribution in [2.45, 2.75) is 71.1 Å². The van der Waals surface area contributed by atoms with Crippen molar-refractivity contribution < 1.29 is 9.84 Å². The van der Waals surface area contributed by atoms with Gasteiger partial charge in [-0.05, 0) is 32.3 Å². The third kappa shape index (κ3) is 3.37. The Kier molecular flexibility index (Phi) is 4.63. The van der Waals surface area contributed by atoms with Crippen molar-refractivity contribution in [2.75, 3.05) is 6.61 Å². The molecule has 1 fully saturated rings. The van der Waals surface area contributed by atoms with Crippen molar-refractivity contribution in [2.24, 2.45) is 0 Å². The van der Waals surface area contributed by atoms with Gasteiger partial charge in [-0.3, -0.25) is 4.68 Å². The molecule has 2 heterocycles. The van der Waals surface area contributed by atoms with E-state index in [4.69, 9.17) is 4.74 Å². The number of aliphatic hydroxyl groups is 1. The molecular weight excluding hydrogens is 240 g/mol. The summed E-state index contributed by atoms with van der Waals surface area (Å²) >= 11 is 0. The highest BCUT2D eigenvalue weighted by Crippen LogP contribution is 2.30. The molecular formula is C15H26N2O2. The Morgan fingerprint density at radius 2 is 2.26 bits per heavy atom. The Bertz CT molecular complexity index is 416. The van der Waals surface area contributed by atoms with E-state index in [1.54, 1.807) is 0 Å². The molecule has 0 bridgehead atoms. The number of rotatable bonds is 5. The molecule has 2 rings (SSSR count). The summed E-state index contributed by atoms with van der Waals surface area (Å²) in [5.74, 6) is 0. The molecule has 0 aromatic carbocycles. The summed E-state index contributed by atoms with van der Waals surface area (Å²) in [4.78, 5) is 0. The highest BCUT2D eigenvalue weighted by atomic mass is 16.5. The van der Waals surface area contributed by atoms with E-state index >= 15 is 0 Å². The second-order valence-electron chi connectivity index (χ2n) is 5.55. The molecule has 2 unspecified atom stereocenters. The zero-order valence-electron chi connectivity index (χ0n) is 12.4. The predicted molar refractivity (Wildman–Crippen MR) is 75.2 cm³/mol. The van der Waals surface area contributed by atoms with Gasteiger partial charge in [0.2, 0.25) is 0 Å². The summed E-state index contributed by atoms with van der Waals surface area (Å²) in [5, 5.41) is 15.4. The van der Waals surface area contributed by atoms with Crippen LogP contribution >= 0.6 is 0 Å². The van der Waals surface area contributed by atoms with E-state index in [0.29, 0.717) is 13.0 Å². The maximum Gasteiger partial charge on any atom is 0.0749 e. The molecule has 4 heteroatoms. The van der Waals surface area contributed by atoms with Gasteiger partial charge in [-0.25, -0.2) is 0 Å². The van der Waals surface area contributed by atoms with E-state index in [-0.39, 0.29) is 6.10 Å². The van der Waals surface area contributed by atoms with E-state index in [2.05, 4.69) is 31.9 Å². The van der Waals surface area contributed by atoms with Gasteiger partial charge in [0, 0.05) is 31.7 Å². The average Bonchev–Trinajstić information content (AvgIpc) is 2.80. The molecule has 2 atom stereocenters. The lowest BCUT2D eigenvalue weighted by atomic mass is 9.85. The fourth-order valence-electron chi connectivity index (χ4n) is 2.86. The summed E-state index contributed by atoms with van der Waals surface area (Å²) in [6.07, 6.45) is 4.25. The van der Waals surface area contributed by atoms with Crippen LogP contribution in [0, 0.1) is 0 Å². The smallest absolute Gasteiger partial charge is 0.0749 e. The Morgan fingerprint density at radius 1 is 1.47 bits per heavy atom. The van der Waals surface area contributed by atoms with Crippen LogP contribution in [0.4, 0.5) is 0 Å². The van der Waals surface area contributed by atoms with Crippen LogP contribution in [-0.2, 0) is 24.1 Å². The third-order valence-corrected chi connectivity index (χ3v) is 4.07. The van der Waals surface area contributed by atoms with Crippen LogP contribution in [0.1, 0.15) is 51.4 Å². The fraction of sp³-hybridized carbons (Fsp3) is 0.800. The molecule has 0 aliphatic carbocycles. The van der Waals surface area contributed by atoms with Crippen molar-refractivity contribution in [1.29, 1.82) is 0 Å². The van der Waals surface area contributed by atoms with Crippen molar-refractivity contribution in [1.82, 2.24) is 9.78 Å². The van der Waals surface area contributed by atoms with Gasteiger partial charge < -0.3 is 9.84 Å². The standard InChI is InChI=1S/C15H26N2O2/c1-4-12-9-13(17(6-3)16-12)10-15(18)7-8-19-14(5-2)11-15/h9,14,18H,4-8,10-11H2,1-3H3. The number of hydrogen-bond acceptors (Lipinski definition) is 3. The van der Waals surface area contributed by atoms with Crippen molar-refractivity contribution in [3.8, 4) is 0 Å². The summed E-state index contributed by atoms with van der Waals surface area (Å²) in [5.41, 5.74) is 1.63. The normalized spacial score (nSPS) is 27.7. The number of ether oxygens (including phenoxy) is 1. The molecule has 108 valence electrons. The van der Waals surface area contributed by atoms with E-state index in [1.165, 1.54) is 0 Å². The number of aryl methyl sites for hydroxylation is 2. The quantitative estimate of drug-likeness (QED) is 0.889. The van der Waals surface area contributed by atoms with E-state index in [0.717, 1.165) is 43.6 Å². The summed E-state index contributed by atoms with van der Waals surface area (Å²) < 4.78 is 7.68. The van der Waals surface area contributed by atoms with Crippen LogP contribution in [0.25, 0.3) is 0 Å². The summed E-state index contributed by atoms with van der Waals surface area (Å²) in [6.45, 7) is 7.85. The lowest BCUT2D eigenvalue weighted by molar-refractivity contribution is -0.104. The van der Waals surface area contributed by atoms with Gasteiger partial charge in [0.1, 0.15) is 0 Å². The Morgan fingerprint density at radius 3 is 2.89 bits per heavy atom. The maximum absolute atomic E-state index is 10.8. The minimum Gasteiger partial charge on any atom is -0.389 e. The molecule has 1 aromatic rings. The first kappa shape index (κ1) is 14.5. The topological polar surface area (TPSA) is 47.3 Å². The molecule has 0 amide bonds.